The van der Waals surface area contributed by atoms with E-state index in [1.165, 1.54) is 31.0 Å². The van der Waals surface area contributed by atoms with Crippen LogP contribution in [0.15, 0.2) is 47.6 Å². The lowest BCUT2D eigenvalue weighted by Gasteiger charge is -2.17. The average molecular weight is 488 g/mol. The van der Waals surface area contributed by atoms with Gasteiger partial charge >= 0.3 is 0 Å². The highest BCUT2D eigenvalue weighted by Crippen LogP contribution is 2.38. The highest BCUT2D eigenvalue weighted by atomic mass is 35.5. The summed E-state index contributed by atoms with van der Waals surface area (Å²) in [5.41, 5.74) is 0.673. The number of amides is 1. The van der Waals surface area contributed by atoms with E-state index in [1.54, 1.807) is 6.07 Å². The first kappa shape index (κ1) is 23.1. The first-order valence-electron chi connectivity index (χ1n) is 10.4. The molecule has 2 aromatic carbocycles. The van der Waals surface area contributed by atoms with Gasteiger partial charge < -0.3 is 10.1 Å². The molecule has 1 N–H and O–H groups in total. The molecule has 0 atom stereocenters. The van der Waals surface area contributed by atoms with Crippen LogP contribution in [0.2, 0.25) is 5.02 Å². The maximum Gasteiger partial charge on any atom is 0.296 e. The zero-order chi connectivity index (χ0) is 23.4. The average Bonchev–Trinajstić information content (AvgIpc) is 3.48. The first-order valence-corrected chi connectivity index (χ1v) is 11.8. The largest absolute Gasteiger partial charge is 0.496 e. The van der Waals surface area contributed by atoms with Gasteiger partial charge in [0.1, 0.15) is 11.4 Å². The van der Waals surface area contributed by atoms with Crippen LogP contribution in [0, 0.1) is 10.1 Å². The van der Waals surface area contributed by atoms with Gasteiger partial charge in [-0.25, -0.2) is 0 Å². The van der Waals surface area contributed by atoms with Crippen molar-refractivity contribution in [3.63, 3.8) is 0 Å². The van der Waals surface area contributed by atoms with Crippen LogP contribution in [0.3, 0.4) is 0 Å². The molecule has 1 aliphatic carbocycles. The number of nitrogens with one attached hydrogen (secondary N) is 1. The normalized spacial score (nSPS) is 13.8. The third kappa shape index (κ3) is 5.12. The zero-order valence-electron chi connectivity index (χ0n) is 17.9. The monoisotopic (exact) mass is 487 g/mol. The molecule has 1 saturated carbocycles. The Morgan fingerprint density at radius 1 is 1.27 bits per heavy atom. The quantitative estimate of drug-likeness (QED) is 0.258. The Hall–Kier alpha value is -3.11. The first-order chi connectivity index (χ1) is 16.0. The van der Waals surface area contributed by atoms with Crippen molar-refractivity contribution in [1.29, 1.82) is 0 Å². The summed E-state index contributed by atoms with van der Waals surface area (Å²) in [6, 6.07) is 12.0. The van der Waals surface area contributed by atoms with Gasteiger partial charge in [-0.1, -0.05) is 48.3 Å². The lowest BCUT2D eigenvalue weighted by molar-refractivity contribution is -0.384. The number of nitro groups is 1. The summed E-state index contributed by atoms with van der Waals surface area (Å²) >= 11 is 7.65. The fourth-order valence-corrected chi connectivity index (χ4v) is 4.93. The predicted octanol–water partition coefficient (Wildman–Crippen LogP) is 5.36. The van der Waals surface area contributed by atoms with Crippen LogP contribution in [0.5, 0.6) is 5.75 Å². The summed E-state index contributed by atoms with van der Waals surface area (Å²) in [5.74, 6) is 0.664. The molecule has 1 fully saturated rings. The highest BCUT2D eigenvalue weighted by Gasteiger charge is 2.26. The van der Waals surface area contributed by atoms with Gasteiger partial charge in [-0.15, -0.1) is 10.2 Å². The maximum absolute atomic E-state index is 12.6. The van der Waals surface area contributed by atoms with Gasteiger partial charge in [0, 0.05) is 11.6 Å². The number of rotatable bonds is 8. The summed E-state index contributed by atoms with van der Waals surface area (Å²) in [6.45, 7) is 0. The number of benzene rings is 2. The summed E-state index contributed by atoms with van der Waals surface area (Å²) < 4.78 is 7.10. The number of nitrogens with zero attached hydrogens (tertiary/aromatic N) is 4. The van der Waals surface area contributed by atoms with Gasteiger partial charge in [0.2, 0.25) is 5.91 Å². The summed E-state index contributed by atoms with van der Waals surface area (Å²) in [7, 11) is 1.42. The van der Waals surface area contributed by atoms with Crippen LogP contribution in [0.1, 0.15) is 31.7 Å². The van der Waals surface area contributed by atoms with E-state index < -0.39 is 4.92 Å². The number of carbonyl (C=O) groups excluding carboxylic acids is 1. The minimum atomic E-state index is -0.558. The SMILES string of the molecule is COc1ccc(NC(=O)CSc2nnc(-c3ccccc3Cl)n2C2CCCC2)c([N+](=O)[O-])c1. The highest BCUT2D eigenvalue weighted by molar-refractivity contribution is 7.99. The lowest BCUT2D eigenvalue weighted by atomic mass is 10.2. The Bertz CT molecular complexity index is 1180. The zero-order valence-corrected chi connectivity index (χ0v) is 19.4. The fraction of sp³-hybridized carbons (Fsp3) is 0.318. The summed E-state index contributed by atoms with van der Waals surface area (Å²) in [6.07, 6.45) is 4.26. The van der Waals surface area contributed by atoms with Crippen LogP contribution >= 0.6 is 23.4 Å². The van der Waals surface area contributed by atoms with Crippen LogP contribution in [-0.2, 0) is 4.79 Å². The molecule has 1 aliphatic rings. The van der Waals surface area contributed by atoms with Gasteiger partial charge in [0.05, 0.1) is 28.9 Å². The van der Waals surface area contributed by atoms with E-state index in [2.05, 4.69) is 20.1 Å². The van der Waals surface area contributed by atoms with Crippen molar-refractivity contribution in [2.45, 2.75) is 36.9 Å². The number of nitro benzene ring substituents is 1. The molecule has 172 valence electrons. The molecule has 11 heteroatoms. The van der Waals surface area contributed by atoms with Gasteiger partial charge in [0.15, 0.2) is 11.0 Å². The fourth-order valence-electron chi connectivity index (χ4n) is 3.90. The number of aromatic nitrogens is 3. The van der Waals surface area contributed by atoms with Gasteiger partial charge in [0.25, 0.3) is 5.69 Å². The van der Waals surface area contributed by atoms with E-state index in [0.717, 1.165) is 31.2 Å². The predicted molar refractivity (Wildman–Crippen MR) is 127 cm³/mol. The molecule has 1 amide bonds. The molecule has 1 aromatic heterocycles. The Morgan fingerprint density at radius 3 is 2.73 bits per heavy atom. The third-order valence-electron chi connectivity index (χ3n) is 5.48. The van der Waals surface area contributed by atoms with Crippen molar-refractivity contribution in [3.05, 3.63) is 57.6 Å². The molecule has 9 nitrogen and oxygen atoms in total. The van der Waals surface area contributed by atoms with Crippen LogP contribution in [-0.4, -0.2) is 38.5 Å². The standard InChI is InChI=1S/C22H22ClN5O4S/c1-32-15-10-11-18(19(12-15)28(30)31)24-20(29)13-33-22-26-25-21(16-8-4-5-9-17(16)23)27(22)14-6-2-3-7-14/h4-5,8-12,14H,2-3,6-7,13H2,1H3,(H,24,29). The molecule has 0 bridgehead atoms. The van der Waals surface area contributed by atoms with Crippen molar-refractivity contribution >= 4 is 40.6 Å². The lowest BCUT2D eigenvalue weighted by Crippen LogP contribution is -2.16. The number of ether oxygens (including phenoxy) is 1. The minimum absolute atomic E-state index is 0.0244. The summed E-state index contributed by atoms with van der Waals surface area (Å²) in [5, 5.41) is 23.9. The number of carbonyl (C=O) groups is 1. The van der Waals surface area contributed by atoms with Gasteiger partial charge in [-0.05, 0) is 37.1 Å². The smallest absolute Gasteiger partial charge is 0.296 e. The molecule has 1 heterocycles. The Labute approximate surface area is 199 Å². The van der Waals surface area contributed by atoms with Gasteiger partial charge in [-0.3, -0.25) is 19.5 Å². The van der Waals surface area contributed by atoms with Crippen molar-refractivity contribution < 1.29 is 14.5 Å². The number of methoxy groups -OCH3 is 1. The molecule has 33 heavy (non-hydrogen) atoms. The topological polar surface area (TPSA) is 112 Å². The molecule has 3 aromatic rings. The van der Waals surface area contributed by atoms with E-state index in [4.69, 9.17) is 16.3 Å². The van der Waals surface area contributed by atoms with Crippen molar-refractivity contribution in [2.75, 3.05) is 18.2 Å². The number of hydrogen-bond donors (Lipinski definition) is 1. The van der Waals surface area contributed by atoms with E-state index in [-0.39, 0.29) is 29.1 Å². The second kappa shape index (κ2) is 10.2. The Kier molecular flexibility index (Phi) is 7.14. The molecule has 0 aliphatic heterocycles. The second-order valence-electron chi connectivity index (χ2n) is 7.57. The van der Waals surface area contributed by atoms with Crippen molar-refractivity contribution in [3.8, 4) is 17.1 Å². The molecule has 0 radical (unpaired) electrons. The second-order valence-corrected chi connectivity index (χ2v) is 8.92. The number of hydrogen-bond acceptors (Lipinski definition) is 7. The van der Waals surface area contributed by atoms with E-state index in [1.807, 2.05) is 24.3 Å². The number of anilines is 1. The van der Waals surface area contributed by atoms with Gasteiger partial charge in [-0.2, -0.15) is 0 Å². The molecule has 0 unspecified atom stereocenters. The van der Waals surface area contributed by atoms with Crippen LogP contribution in [0.4, 0.5) is 11.4 Å². The van der Waals surface area contributed by atoms with Crippen molar-refractivity contribution in [2.24, 2.45) is 0 Å². The Morgan fingerprint density at radius 2 is 2.03 bits per heavy atom. The molecule has 0 spiro atoms. The number of halogens is 1. The molecule has 0 saturated heterocycles. The van der Waals surface area contributed by atoms with E-state index in [0.29, 0.717) is 21.8 Å². The molecular formula is C22H22ClN5O4S. The van der Waals surface area contributed by atoms with E-state index >= 15 is 0 Å². The van der Waals surface area contributed by atoms with Crippen LogP contribution in [0.25, 0.3) is 11.4 Å². The molecular weight excluding hydrogens is 466 g/mol. The third-order valence-corrected chi connectivity index (χ3v) is 6.75. The minimum Gasteiger partial charge on any atom is -0.496 e. The Balaban J connectivity index is 1.54. The maximum atomic E-state index is 12.6. The van der Waals surface area contributed by atoms with Crippen LogP contribution < -0.4 is 10.1 Å². The summed E-state index contributed by atoms with van der Waals surface area (Å²) in [4.78, 5) is 23.4. The molecule has 4 rings (SSSR count). The van der Waals surface area contributed by atoms with Crippen molar-refractivity contribution in [1.82, 2.24) is 14.8 Å². The number of thioether (sulfide) groups is 1. The van der Waals surface area contributed by atoms with E-state index in [9.17, 15) is 14.9 Å².